The van der Waals surface area contributed by atoms with Gasteiger partial charge in [-0.1, -0.05) is 32.0 Å². The van der Waals surface area contributed by atoms with E-state index in [0.717, 1.165) is 5.39 Å². The van der Waals surface area contributed by atoms with Crippen molar-refractivity contribution in [3.8, 4) is 0 Å². The van der Waals surface area contributed by atoms with Gasteiger partial charge >= 0.3 is 0 Å². The molecule has 0 aliphatic heterocycles. The molecular weight excluding hydrogens is 252 g/mol. The summed E-state index contributed by atoms with van der Waals surface area (Å²) in [7, 11) is 0. The second-order valence-electron chi connectivity index (χ2n) is 5.44. The number of amides is 1. The summed E-state index contributed by atoms with van der Waals surface area (Å²) in [5, 5.41) is 4.44. The van der Waals surface area contributed by atoms with Crippen molar-refractivity contribution in [2.75, 3.05) is 0 Å². The lowest BCUT2D eigenvalue weighted by atomic mass is 10.1. The first kappa shape index (κ1) is 14.3. The highest BCUT2D eigenvalue weighted by molar-refractivity contribution is 5.82. The van der Waals surface area contributed by atoms with E-state index in [-0.39, 0.29) is 24.1 Å². The highest BCUT2D eigenvalue weighted by atomic mass is 16.2. The van der Waals surface area contributed by atoms with E-state index in [1.165, 1.54) is 4.57 Å². The summed E-state index contributed by atoms with van der Waals surface area (Å²) < 4.78 is 1.45. The van der Waals surface area contributed by atoms with E-state index < -0.39 is 0 Å². The summed E-state index contributed by atoms with van der Waals surface area (Å²) >= 11 is 0. The maximum Gasteiger partial charge on any atom is 0.258 e. The first-order valence-electron chi connectivity index (χ1n) is 6.86. The van der Waals surface area contributed by atoms with Crippen LogP contribution in [0.5, 0.6) is 0 Å². The molecule has 1 aromatic heterocycles. The van der Waals surface area contributed by atoms with Crippen molar-refractivity contribution in [1.29, 1.82) is 0 Å². The maximum atomic E-state index is 12.3. The summed E-state index contributed by atoms with van der Waals surface area (Å²) in [5.41, 5.74) is -0.129. The molecule has 1 amide bonds. The first-order valence-corrected chi connectivity index (χ1v) is 6.86. The minimum atomic E-state index is -0.136. The number of pyridine rings is 1. The lowest BCUT2D eigenvalue weighted by Crippen LogP contribution is -2.39. The maximum absolute atomic E-state index is 12.3. The Balaban J connectivity index is 2.20. The fourth-order valence-corrected chi connectivity index (χ4v) is 1.98. The van der Waals surface area contributed by atoms with Gasteiger partial charge in [0.25, 0.3) is 5.56 Å². The number of carbonyl (C=O) groups excluding carboxylic acids is 1. The number of fused-ring (bicyclic) bond motifs is 1. The lowest BCUT2D eigenvalue weighted by molar-refractivity contribution is -0.122. The van der Waals surface area contributed by atoms with Crippen LogP contribution in [0.1, 0.15) is 20.8 Å². The van der Waals surface area contributed by atoms with Gasteiger partial charge in [0, 0.05) is 17.6 Å². The van der Waals surface area contributed by atoms with Crippen molar-refractivity contribution in [1.82, 2.24) is 9.88 Å². The van der Waals surface area contributed by atoms with E-state index in [2.05, 4.69) is 5.32 Å². The Bertz CT molecular complexity index is 673. The molecular formula is C16H20N2O2. The van der Waals surface area contributed by atoms with Crippen LogP contribution in [0.2, 0.25) is 0 Å². The normalized spacial score (nSPS) is 12.6. The topological polar surface area (TPSA) is 51.1 Å². The number of nitrogens with one attached hydrogen (secondary N) is 1. The van der Waals surface area contributed by atoms with E-state index >= 15 is 0 Å². The molecule has 1 aromatic carbocycles. The molecule has 0 unspecified atom stereocenters. The minimum Gasteiger partial charge on any atom is -0.352 e. The number of aromatic nitrogens is 1. The van der Waals surface area contributed by atoms with Crippen molar-refractivity contribution in [3.63, 3.8) is 0 Å². The van der Waals surface area contributed by atoms with Gasteiger partial charge in [-0.25, -0.2) is 0 Å². The fourth-order valence-electron chi connectivity index (χ4n) is 1.98. The molecule has 1 atom stereocenters. The molecule has 0 aliphatic rings. The number of benzene rings is 1. The Kier molecular flexibility index (Phi) is 4.23. The Morgan fingerprint density at radius 1 is 1.20 bits per heavy atom. The molecule has 0 bridgehead atoms. The number of hydrogen-bond acceptors (Lipinski definition) is 2. The van der Waals surface area contributed by atoms with Gasteiger partial charge in [-0.3, -0.25) is 9.59 Å². The van der Waals surface area contributed by atoms with Crippen LogP contribution in [0.3, 0.4) is 0 Å². The lowest BCUT2D eigenvalue weighted by Gasteiger charge is -2.17. The molecule has 0 spiro atoms. The van der Waals surface area contributed by atoms with Crippen LogP contribution in [-0.4, -0.2) is 16.5 Å². The van der Waals surface area contributed by atoms with E-state index in [1.807, 2.05) is 45.0 Å². The number of nitrogens with zero attached hydrogens (tertiary/aromatic N) is 1. The predicted molar refractivity (Wildman–Crippen MR) is 80.7 cm³/mol. The van der Waals surface area contributed by atoms with Gasteiger partial charge in [0.2, 0.25) is 5.91 Å². The van der Waals surface area contributed by atoms with E-state index in [4.69, 9.17) is 0 Å². The molecule has 106 valence electrons. The van der Waals surface area contributed by atoms with E-state index in [9.17, 15) is 9.59 Å². The largest absolute Gasteiger partial charge is 0.352 e. The molecule has 4 heteroatoms. The van der Waals surface area contributed by atoms with Crippen LogP contribution in [0, 0.1) is 5.92 Å². The zero-order chi connectivity index (χ0) is 14.7. The molecule has 1 heterocycles. The van der Waals surface area contributed by atoms with Crippen molar-refractivity contribution in [2.24, 2.45) is 5.92 Å². The summed E-state index contributed by atoms with van der Waals surface area (Å²) in [4.78, 5) is 24.2. The van der Waals surface area contributed by atoms with Crippen molar-refractivity contribution < 1.29 is 4.79 Å². The SMILES string of the molecule is CC(C)[C@@H](C)NC(=O)Cn1ccc2ccccc2c1=O. The molecule has 20 heavy (non-hydrogen) atoms. The molecule has 2 rings (SSSR count). The third-order valence-electron chi connectivity index (χ3n) is 3.59. The Hall–Kier alpha value is -2.10. The molecule has 0 saturated carbocycles. The van der Waals surface area contributed by atoms with Crippen molar-refractivity contribution >= 4 is 16.7 Å². The molecule has 0 aliphatic carbocycles. The van der Waals surface area contributed by atoms with Crippen LogP contribution < -0.4 is 10.9 Å². The first-order chi connectivity index (χ1) is 9.49. The van der Waals surface area contributed by atoms with Gasteiger partial charge in [0.05, 0.1) is 0 Å². The van der Waals surface area contributed by atoms with Crippen LogP contribution in [0.15, 0.2) is 41.3 Å². The Morgan fingerprint density at radius 2 is 1.90 bits per heavy atom. The quantitative estimate of drug-likeness (QED) is 0.927. The molecule has 0 radical (unpaired) electrons. The van der Waals surface area contributed by atoms with Gasteiger partial charge in [0.1, 0.15) is 6.54 Å². The molecule has 2 aromatic rings. The van der Waals surface area contributed by atoms with Gasteiger partial charge < -0.3 is 9.88 Å². The monoisotopic (exact) mass is 272 g/mol. The third-order valence-corrected chi connectivity index (χ3v) is 3.59. The van der Waals surface area contributed by atoms with Crippen LogP contribution in [-0.2, 0) is 11.3 Å². The minimum absolute atomic E-state index is 0.0563. The molecule has 1 N–H and O–H groups in total. The Morgan fingerprint density at radius 3 is 2.60 bits per heavy atom. The second-order valence-corrected chi connectivity index (χ2v) is 5.44. The van der Waals surface area contributed by atoms with Gasteiger partial charge in [0.15, 0.2) is 0 Å². The van der Waals surface area contributed by atoms with Crippen LogP contribution >= 0.6 is 0 Å². The standard InChI is InChI=1S/C16H20N2O2/c1-11(2)12(3)17-15(19)10-18-9-8-13-6-4-5-7-14(13)16(18)20/h4-9,11-12H,10H2,1-3H3,(H,17,19)/t12-/m1/s1. The Labute approximate surface area is 118 Å². The fraction of sp³-hybridized carbons (Fsp3) is 0.375. The number of rotatable bonds is 4. The summed E-state index contributed by atoms with van der Waals surface area (Å²) in [6, 6.07) is 9.34. The predicted octanol–water partition coefficient (Wildman–Crippen LogP) is 2.16. The highest BCUT2D eigenvalue weighted by Crippen LogP contribution is 2.08. The van der Waals surface area contributed by atoms with Crippen molar-refractivity contribution in [3.05, 3.63) is 46.9 Å². The summed E-state index contributed by atoms with van der Waals surface area (Å²) in [6.45, 7) is 6.12. The summed E-state index contributed by atoms with van der Waals surface area (Å²) in [6.07, 6.45) is 1.67. The van der Waals surface area contributed by atoms with Crippen LogP contribution in [0.4, 0.5) is 0 Å². The van der Waals surface area contributed by atoms with Gasteiger partial charge in [-0.2, -0.15) is 0 Å². The average Bonchev–Trinajstić information content (AvgIpc) is 2.42. The number of hydrogen-bond donors (Lipinski definition) is 1. The molecule has 4 nitrogen and oxygen atoms in total. The van der Waals surface area contributed by atoms with E-state index in [1.54, 1.807) is 12.3 Å². The van der Waals surface area contributed by atoms with Gasteiger partial charge in [-0.15, -0.1) is 0 Å². The zero-order valence-corrected chi connectivity index (χ0v) is 12.1. The molecule has 0 fully saturated rings. The average molecular weight is 272 g/mol. The summed E-state index contributed by atoms with van der Waals surface area (Å²) in [5.74, 6) is 0.232. The van der Waals surface area contributed by atoms with Crippen LogP contribution in [0.25, 0.3) is 10.8 Å². The van der Waals surface area contributed by atoms with E-state index in [0.29, 0.717) is 11.3 Å². The highest BCUT2D eigenvalue weighted by Gasteiger charge is 2.12. The second kappa shape index (κ2) is 5.90. The van der Waals surface area contributed by atoms with Crippen molar-refractivity contribution in [2.45, 2.75) is 33.4 Å². The van der Waals surface area contributed by atoms with Gasteiger partial charge in [-0.05, 0) is 30.4 Å². The number of carbonyl (C=O) groups is 1. The third kappa shape index (κ3) is 3.07. The zero-order valence-electron chi connectivity index (χ0n) is 12.1. The smallest absolute Gasteiger partial charge is 0.258 e. The molecule has 0 saturated heterocycles.